The number of aliphatic hydroxyl groups is 1. The Balaban J connectivity index is 1.36. The number of aliphatic hydroxyl groups excluding tert-OH is 1. The molecule has 3 aromatic rings. The zero-order chi connectivity index (χ0) is 25.5. The largest absolute Gasteiger partial charge is 0.497 e. The van der Waals surface area contributed by atoms with Crippen LogP contribution in [0.1, 0.15) is 55.9 Å². The Morgan fingerprint density at radius 3 is 2.72 bits per heavy atom. The van der Waals surface area contributed by atoms with E-state index in [2.05, 4.69) is 16.5 Å². The standard InChI is InChI=1S/C27H34N2O7/c1-5-6-7-25-28-23(17-34-25)26-29-22(16-35-26)24(30)13-20-12-21(14-27(2,32-4)36-20)33-15-18-8-10-19(31-3)11-9-18/h5,8-11,16-17,20-21,24,30H,1,6-7,12-15H2,2-4H3/t20-,21-,24-,27-/m1/s1. The van der Waals surface area contributed by atoms with Crippen LogP contribution in [0.25, 0.3) is 11.6 Å². The van der Waals surface area contributed by atoms with E-state index in [4.69, 9.17) is 27.8 Å². The van der Waals surface area contributed by atoms with E-state index in [0.29, 0.717) is 55.5 Å². The van der Waals surface area contributed by atoms with Crippen LogP contribution in [0.15, 0.2) is 58.3 Å². The predicted octanol–water partition coefficient (Wildman–Crippen LogP) is 5.01. The van der Waals surface area contributed by atoms with E-state index in [0.717, 1.165) is 17.7 Å². The van der Waals surface area contributed by atoms with Crippen molar-refractivity contribution < 1.29 is 32.9 Å². The first-order valence-electron chi connectivity index (χ1n) is 12.1. The van der Waals surface area contributed by atoms with Gasteiger partial charge in [0.15, 0.2) is 17.4 Å². The molecule has 0 saturated carbocycles. The fourth-order valence-corrected chi connectivity index (χ4v) is 4.25. The number of hydrogen-bond donors (Lipinski definition) is 1. The second kappa shape index (κ2) is 11.8. The minimum atomic E-state index is -0.888. The summed E-state index contributed by atoms with van der Waals surface area (Å²) in [6.45, 7) is 6.05. The van der Waals surface area contributed by atoms with Crippen molar-refractivity contribution in [2.75, 3.05) is 14.2 Å². The van der Waals surface area contributed by atoms with Gasteiger partial charge in [0, 0.05) is 32.8 Å². The Kier molecular flexibility index (Phi) is 8.58. The third-order valence-electron chi connectivity index (χ3n) is 6.30. The van der Waals surface area contributed by atoms with Crippen molar-refractivity contribution in [1.82, 2.24) is 9.97 Å². The Morgan fingerprint density at radius 1 is 1.19 bits per heavy atom. The Morgan fingerprint density at radius 2 is 2.00 bits per heavy atom. The summed E-state index contributed by atoms with van der Waals surface area (Å²) in [4.78, 5) is 8.80. The maximum Gasteiger partial charge on any atom is 0.248 e. The summed E-state index contributed by atoms with van der Waals surface area (Å²) in [5.74, 6) is 0.869. The van der Waals surface area contributed by atoms with Crippen molar-refractivity contribution in [1.29, 1.82) is 0 Å². The van der Waals surface area contributed by atoms with Crippen LogP contribution in [0, 0.1) is 0 Å². The third kappa shape index (κ3) is 6.61. The maximum absolute atomic E-state index is 10.9. The van der Waals surface area contributed by atoms with E-state index >= 15 is 0 Å². The molecule has 1 fully saturated rings. The number of nitrogens with zero attached hydrogens (tertiary/aromatic N) is 2. The van der Waals surface area contributed by atoms with Crippen molar-refractivity contribution in [3.63, 3.8) is 0 Å². The van der Waals surface area contributed by atoms with E-state index in [-0.39, 0.29) is 12.2 Å². The van der Waals surface area contributed by atoms with Gasteiger partial charge in [-0.05, 0) is 31.0 Å². The van der Waals surface area contributed by atoms with Gasteiger partial charge in [-0.25, -0.2) is 9.97 Å². The van der Waals surface area contributed by atoms with Crippen LogP contribution < -0.4 is 4.74 Å². The molecule has 2 aromatic heterocycles. The van der Waals surface area contributed by atoms with E-state index in [1.54, 1.807) is 20.3 Å². The van der Waals surface area contributed by atoms with Crippen molar-refractivity contribution in [3.8, 4) is 17.3 Å². The van der Waals surface area contributed by atoms with Crippen LogP contribution in [-0.4, -0.2) is 47.3 Å². The smallest absolute Gasteiger partial charge is 0.248 e. The molecule has 0 radical (unpaired) electrons. The van der Waals surface area contributed by atoms with Gasteiger partial charge < -0.3 is 32.9 Å². The summed E-state index contributed by atoms with van der Waals surface area (Å²) >= 11 is 0. The molecule has 0 unspecified atom stereocenters. The van der Waals surface area contributed by atoms with Crippen molar-refractivity contribution >= 4 is 0 Å². The Hall–Kier alpha value is -2.98. The number of ether oxygens (including phenoxy) is 4. The average molecular weight is 499 g/mol. The minimum absolute atomic E-state index is 0.0972. The van der Waals surface area contributed by atoms with Gasteiger partial charge in [0.05, 0.1) is 25.9 Å². The molecule has 0 bridgehead atoms. The SMILES string of the molecule is C=CCCc1nc(-c2nc([C@H](O)C[C@H]3C[C@@H](OCc4ccc(OC)cc4)C[C@](C)(OC)O3)co2)co1. The molecule has 1 aliphatic heterocycles. The van der Waals surface area contributed by atoms with E-state index in [1.807, 2.05) is 31.2 Å². The predicted molar refractivity (Wildman–Crippen MR) is 131 cm³/mol. The molecular weight excluding hydrogens is 464 g/mol. The molecular formula is C27H34N2O7. The minimum Gasteiger partial charge on any atom is -0.497 e. The van der Waals surface area contributed by atoms with Gasteiger partial charge in [-0.15, -0.1) is 6.58 Å². The van der Waals surface area contributed by atoms with E-state index in [1.165, 1.54) is 12.5 Å². The van der Waals surface area contributed by atoms with Crippen molar-refractivity contribution in [2.45, 2.75) is 69.7 Å². The molecule has 0 spiro atoms. The first kappa shape index (κ1) is 26.1. The van der Waals surface area contributed by atoms with Gasteiger partial charge in [-0.2, -0.15) is 0 Å². The van der Waals surface area contributed by atoms with E-state index < -0.39 is 11.9 Å². The zero-order valence-corrected chi connectivity index (χ0v) is 21.0. The molecule has 3 heterocycles. The summed E-state index contributed by atoms with van der Waals surface area (Å²) in [6, 6.07) is 7.78. The highest BCUT2D eigenvalue weighted by atomic mass is 16.7. The topological polar surface area (TPSA) is 109 Å². The number of benzene rings is 1. The highest BCUT2D eigenvalue weighted by Gasteiger charge is 2.40. The second-order valence-electron chi connectivity index (χ2n) is 9.08. The summed E-state index contributed by atoms with van der Waals surface area (Å²) < 4.78 is 34.3. The second-order valence-corrected chi connectivity index (χ2v) is 9.08. The number of rotatable bonds is 12. The quantitative estimate of drug-likeness (QED) is 0.345. The molecule has 1 N–H and O–H groups in total. The average Bonchev–Trinajstić information content (AvgIpc) is 3.56. The number of oxazole rings is 2. The normalized spacial score (nSPS) is 22.9. The third-order valence-corrected chi connectivity index (χ3v) is 6.30. The molecule has 4 rings (SSSR count). The van der Waals surface area contributed by atoms with Crippen molar-refractivity contribution in [2.24, 2.45) is 0 Å². The lowest BCUT2D eigenvalue weighted by Crippen LogP contribution is -2.46. The Labute approximate surface area is 211 Å². The fourth-order valence-electron chi connectivity index (χ4n) is 4.25. The number of allylic oxidation sites excluding steroid dienone is 1. The van der Waals surface area contributed by atoms with Gasteiger partial charge in [0.2, 0.25) is 5.89 Å². The maximum atomic E-state index is 10.9. The van der Waals surface area contributed by atoms with E-state index in [9.17, 15) is 5.11 Å². The summed E-state index contributed by atoms with van der Waals surface area (Å²) in [6.07, 6.45) is 6.40. The zero-order valence-electron chi connectivity index (χ0n) is 21.0. The van der Waals surface area contributed by atoms with Gasteiger partial charge in [0.1, 0.15) is 30.1 Å². The van der Waals surface area contributed by atoms with Gasteiger partial charge >= 0.3 is 0 Å². The highest BCUT2D eigenvalue weighted by molar-refractivity contribution is 5.44. The number of hydrogen-bond acceptors (Lipinski definition) is 9. The summed E-state index contributed by atoms with van der Waals surface area (Å²) in [7, 11) is 3.26. The number of methoxy groups -OCH3 is 2. The van der Waals surface area contributed by atoms with Gasteiger partial charge in [-0.3, -0.25) is 0 Å². The molecule has 9 heteroatoms. The molecule has 194 valence electrons. The monoisotopic (exact) mass is 498 g/mol. The fraction of sp³-hybridized carbons (Fsp3) is 0.481. The molecule has 0 aliphatic carbocycles. The lowest BCUT2D eigenvalue weighted by atomic mass is 9.95. The Bertz CT molecular complexity index is 1110. The first-order valence-corrected chi connectivity index (χ1v) is 12.1. The lowest BCUT2D eigenvalue weighted by Gasteiger charge is -2.41. The van der Waals surface area contributed by atoms with Crippen LogP contribution >= 0.6 is 0 Å². The highest BCUT2D eigenvalue weighted by Crippen LogP contribution is 2.35. The molecule has 4 atom stereocenters. The van der Waals surface area contributed by atoms with Crippen molar-refractivity contribution in [3.05, 3.63) is 66.6 Å². The molecule has 36 heavy (non-hydrogen) atoms. The van der Waals surface area contributed by atoms with Crippen LogP contribution in [0.5, 0.6) is 5.75 Å². The van der Waals surface area contributed by atoms with Crippen LogP contribution in [0.4, 0.5) is 0 Å². The van der Waals surface area contributed by atoms with Crippen LogP contribution in [0.2, 0.25) is 0 Å². The van der Waals surface area contributed by atoms with Gasteiger partial charge in [-0.1, -0.05) is 18.2 Å². The number of aryl methyl sites for hydroxylation is 1. The molecule has 0 amide bonds. The summed E-state index contributed by atoms with van der Waals surface area (Å²) in [5, 5.41) is 10.9. The first-order chi connectivity index (χ1) is 17.4. The van der Waals surface area contributed by atoms with Crippen LogP contribution in [0.3, 0.4) is 0 Å². The molecule has 1 aliphatic rings. The number of aromatic nitrogens is 2. The molecule has 9 nitrogen and oxygen atoms in total. The molecule has 1 aromatic carbocycles. The van der Waals surface area contributed by atoms with Gasteiger partial charge in [0.25, 0.3) is 0 Å². The summed E-state index contributed by atoms with van der Waals surface area (Å²) in [5.41, 5.74) is 1.94. The lowest BCUT2D eigenvalue weighted by molar-refractivity contribution is -0.283. The molecule has 1 saturated heterocycles. The van der Waals surface area contributed by atoms with Crippen LogP contribution in [-0.2, 0) is 27.2 Å².